The van der Waals surface area contributed by atoms with E-state index in [4.69, 9.17) is 18.7 Å². The Morgan fingerprint density at radius 1 is 1.17 bits per heavy atom. The van der Waals surface area contributed by atoms with Crippen LogP contribution < -0.4 is 14.8 Å². The SMILES string of the molecule is COc1ccc(C(=O)O[C@@H](C)C(=O)Nc2cc(C)on2)cc1OC. The van der Waals surface area contributed by atoms with Gasteiger partial charge in [0.1, 0.15) is 5.76 Å². The summed E-state index contributed by atoms with van der Waals surface area (Å²) in [4.78, 5) is 24.1. The first kappa shape index (κ1) is 17.3. The Kier molecular flexibility index (Phi) is 5.41. The molecule has 1 heterocycles. The van der Waals surface area contributed by atoms with Crippen molar-refractivity contribution in [3.05, 3.63) is 35.6 Å². The molecule has 0 saturated carbocycles. The number of aryl methyl sites for hydroxylation is 1. The lowest BCUT2D eigenvalue weighted by Gasteiger charge is -2.13. The minimum Gasteiger partial charge on any atom is -0.493 e. The topological polar surface area (TPSA) is 99.9 Å². The lowest BCUT2D eigenvalue weighted by atomic mass is 10.2. The van der Waals surface area contributed by atoms with Crippen molar-refractivity contribution in [2.45, 2.75) is 20.0 Å². The predicted octanol–water partition coefficient (Wildman–Crippen LogP) is 2.18. The van der Waals surface area contributed by atoms with Gasteiger partial charge in [0.2, 0.25) is 0 Å². The quantitative estimate of drug-likeness (QED) is 0.808. The Bertz CT molecular complexity index is 740. The molecule has 0 aliphatic carbocycles. The van der Waals surface area contributed by atoms with Crippen LogP contribution in [0.1, 0.15) is 23.0 Å². The molecule has 0 radical (unpaired) electrons. The van der Waals surface area contributed by atoms with Gasteiger partial charge < -0.3 is 24.1 Å². The molecule has 8 nitrogen and oxygen atoms in total. The van der Waals surface area contributed by atoms with Gasteiger partial charge in [0.15, 0.2) is 23.4 Å². The number of hydrogen-bond acceptors (Lipinski definition) is 7. The van der Waals surface area contributed by atoms with Gasteiger partial charge in [-0.25, -0.2) is 4.79 Å². The van der Waals surface area contributed by atoms with Crippen LogP contribution in [0.4, 0.5) is 5.82 Å². The number of benzene rings is 1. The first-order valence-corrected chi connectivity index (χ1v) is 7.11. The first-order valence-electron chi connectivity index (χ1n) is 7.11. The maximum atomic E-state index is 12.2. The van der Waals surface area contributed by atoms with Gasteiger partial charge in [-0.3, -0.25) is 4.79 Å². The highest BCUT2D eigenvalue weighted by Crippen LogP contribution is 2.27. The first-order chi connectivity index (χ1) is 11.4. The zero-order valence-corrected chi connectivity index (χ0v) is 13.8. The second-order valence-corrected chi connectivity index (χ2v) is 4.93. The molecule has 0 bridgehead atoms. The van der Waals surface area contributed by atoms with Gasteiger partial charge in [-0.05, 0) is 32.0 Å². The average molecular weight is 334 g/mol. The highest BCUT2D eigenvalue weighted by atomic mass is 16.5. The van der Waals surface area contributed by atoms with Gasteiger partial charge in [0.25, 0.3) is 5.91 Å². The predicted molar refractivity (Wildman–Crippen MR) is 84.3 cm³/mol. The molecule has 0 fully saturated rings. The van der Waals surface area contributed by atoms with Crippen molar-refractivity contribution in [1.82, 2.24) is 5.16 Å². The average Bonchev–Trinajstić information content (AvgIpc) is 2.98. The smallest absolute Gasteiger partial charge is 0.339 e. The second-order valence-electron chi connectivity index (χ2n) is 4.93. The van der Waals surface area contributed by atoms with Crippen LogP contribution in [0.2, 0.25) is 0 Å². The number of hydrogen-bond donors (Lipinski definition) is 1. The van der Waals surface area contributed by atoms with E-state index in [1.807, 2.05) is 0 Å². The third-order valence-corrected chi connectivity index (χ3v) is 3.15. The van der Waals surface area contributed by atoms with Crippen molar-refractivity contribution < 1.29 is 28.3 Å². The van der Waals surface area contributed by atoms with Crippen molar-refractivity contribution in [2.24, 2.45) is 0 Å². The van der Waals surface area contributed by atoms with E-state index in [0.29, 0.717) is 17.3 Å². The number of esters is 1. The number of rotatable bonds is 6. The summed E-state index contributed by atoms with van der Waals surface area (Å²) in [5, 5.41) is 6.13. The zero-order chi connectivity index (χ0) is 17.7. The zero-order valence-electron chi connectivity index (χ0n) is 13.8. The van der Waals surface area contributed by atoms with Gasteiger partial charge in [0.05, 0.1) is 19.8 Å². The normalized spacial score (nSPS) is 11.5. The van der Waals surface area contributed by atoms with Crippen LogP contribution in [0.15, 0.2) is 28.8 Å². The fourth-order valence-corrected chi connectivity index (χ4v) is 1.90. The van der Waals surface area contributed by atoms with Crippen molar-refractivity contribution >= 4 is 17.7 Å². The molecule has 2 rings (SSSR count). The number of anilines is 1. The van der Waals surface area contributed by atoms with Gasteiger partial charge in [-0.1, -0.05) is 5.16 Å². The molecule has 0 aliphatic rings. The fourth-order valence-electron chi connectivity index (χ4n) is 1.90. The summed E-state index contributed by atoms with van der Waals surface area (Å²) in [7, 11) is 2.96. The summed E-state index contributed by atoms with van der Waals surface area (Å²) in [6.07, 6.45) is -1.01. The number of nitrogens with zero attached hydrogens (tertiary/aromatic N) is 1. The minimum atomic E-state index is -1.01. The lowest BCUT2D eigenvalue weighted by molar-refractivity contribution is -0.123. The molecule has 1 aromatic heterocycles. The Labute approximate surface area is 138 Å². The van der Waals surface area contributed by atoms with Crippen molar-refractivity contribution in [1.29, 1.82) is 0 Å². The standard InChI is InChI=1S/C16H18N2O6/c1-9-7-14(18-24-9)17-15(19)10(2)23-16(20)11-5-6-12(21-3)13(8-11)22-4/h5-8,10H,1-4H3,(H,17,18,19)/t10-/m0/s1. The van der Waals surface area contributed by atoms with E-state index in [-0.39, 0.29) is 11.4 Å². The third kappa shape index (κ3) is 4.03. The Morgan fingerprint density at radius 2 is 1.88 bits per heavy atom. The molecule has 1 N–H and O–H groups in total. The van der Waals surface area contributed by atoms with E-state index >= 15 is 0 Å². The molecule has 128 valence electrons. The van der Waals surface area contributed by atoms with Gasteiger partial charge in [-0.15, -0.1) is 0 Å². The molecular weight excluding hydrogens is 316 g/mol. The highest BCUT2D eigenvalue weighted by molar-refractivity contribution is 5.97. The summed E-state index contributed by atoms with van der Waals surface area (Å²) in [5.41, 5.74) is 0.240. The molecule has 8 heteroatoms. The molecular formula is C16H18N2O6. The molecule has 1 amide bonds. The molecule has 2 aromatic rings. The molecule has 0 unspecified atom stereocenters. The monoisotopic (exact) mass is 334 g/mol. The summed E-state index contributed by atoms with van der Waals surface area (Å²) in [5.74, 6) is 0.516. The van der Waals surface area contributed by atoms with E-state index in [0.717, 1.165) is 0 Å². The molecule has 0 saturated heterocycles. The van der Waals surface area contributed by atoms with Crippen molar-refractivity contribution in [2.75, 3.05) is 19.5 Å². The molecule has 1 aromatic carbocycles. The largest absolute Gasteiger partial charge is 0.493 e. The van der Waals surface area contributed by atoms with E-state index in [1.54, 1.807) is 19.1 Å². The Morgan fingerprint density at radius 3 is 2.46 bits per heavy atom. The van der Waals surface area contributed by atoms with Gasteiger partial charge >= 0.3 is 5.97 Å². The number of carbonyl (C=O) groups excluding carboxylic acids is 2. The van der Waals surface area contributed by atoms with E-state index in [2.05, 4.69) is 10.5 Å². The lowest BCUT2D eigenvalue weighted by Crippen LogP contribution is -2.30. The van der Waals surface area contributed by atoms with E-state index in [9.17, 15) is 9.59 Å². The van der Waals surface area contributed by atoms with Crippen LogP contribution in [0.3, 0.4) is 0 Å². The van der Waals surface area contributed by atoms with Crippen LogP contribution in [0.25, 0.3) is 0 Å². The number of methoxy groups -OCH3 is 2. The second kappa shape index (κ2) is 7.49. The number of carbonyl (C=O) groups is 2. The van der Waals surface area contributed by atoms with Crippen LogP contribution in [-0.4, -0.2) is 37.4 Å². The third-order valence-electron chi connectivity index (χ3n) is 3.15. The van der Waals surface area contributed by atoms with Gasteiger partial charge in [-0.2, -0.15) is 0 Å². The van der Waals surface area contributed by atoms with Crippen LogP contribution >= 0.6 is 0 Å². The van der Waals surface area contributed by atoms with Crippen LogP contribution in [0.5, 0.6) is 11.5 Å². The summed E-state index contributed by atoms with van der Waals surface area (Å²) >= 11 is 0. The molecule has 0 aliphatic heterocycles. The number of aromatic nitrogens is 1. The van der Waals surface area contributed by atoms with Gasteiger partial charge in [0, 0.05) is 6.07 Å². The Balaban J connectivity index is 2.01. The molecule has 24 heavy (non-hydrogen) atoms. The van der Waals surface area contributed by atoms with Crippen LogP contribution in [0, 0.1) is 6.92 Å². The maximum Gasteiger partial charge on any atom is 0.339 e. The summed E-state index contributed by atoms with van der Waals surface area (Å²) < 4.78 is 20.2. The molecule has 1 atom stereocenters. The molecule has 0 spiro atoms. The highest BCUT2D eigenvalue weighted by Gasteiger charge is 2.21. The number of ether oxygens (including phenoxy) is 3. The van der Waals surface area contributed by atoms with Crippen molar-refractivity contribution in [3.63, 3.8) is 0 Å². The summed E-state index contributed by atoms with van der Waals surface area (Å²) in [6, 6.07) is 6.14. The fraction of sp³-hybridized carbons (Fsp3) is 0.312. The number of nitrogens with one attached hydrogen (secondary N) is 1. The van der Waals surface area contributed by atoms with Crippen LogP contribution in [-0.2, 0) is 9.53 Å². The number of amides is 1. The van der Waals surface area contributed by atoms with E-state index < -0.39 is 18.0 Å². The summed E-state index contributed by atoms with van der Waals surface area (Å²) in [6.45, 7) is 3.16. The van der Waals surface area contributed by atoms with E-state index in [1.165, 1.54) is 33.3 Å². The minimum absolute atomic E-state index is 0.240. The van der Waals surface area contributed by atoms with Crippen molar-refractivity contribution in [3.8, 4) is 11.5 Å². The maximum absolute atomic E-state index is 12.2. The Hall–Kier alpha value is -3.03.